The second kappa shape index (κ2) is 5.54. The number of esters is 1. The van der Waals surface area contributed by atoms with Crippen LogP contribution >= 0.6 is 12.6 Å². The fourth-order valence-corrected chi connectivity index (χ4v) is 1.12. The number of methoxy groups -OCH3 is 1. The van der Waals surface area contributed by atoms with Gasteiger partial charge < -0.3 is 9.47 Å². The number of ether oxygens (including phenoxy) is 2. The van der Waals surface area contributed by atoms with Crippen molar-refractivity contribution in [3.8, 4) is 5.75 Å². The molecule has 0 aromatic heterocycles. The summed E-state index contributed by atoms with van der Waals surface area (Å²) in [6.07, 6.45) is 0. The minimum absolute atomic E-state index is 0.389. The maximum atomic E-state index is 11.3. The van der Waals surface area contributed by atoms with Crippen molar-refractivity contribution < 1.29 is 14.3 Å². The van der Waals surface area contributed by atoms with Crippen molar-refractivity contribution in [2.24, 2.45) is 0 Å². The van der Waals surface area contributed by atoms with Crippen molar-refractivity contribution in [2.45, 2.75) is 0 Å². The summed E-state index contributed by atoms with van der Waals surface area (Å²) in [7, 11) is 1.34. The third-order valence-electron chi connectivity index (χ3n) is 1.64. The van der Waals surface area contributed by atoms with Gasteiger partial charge in [0, 0.05) is 5.75 Å². The molecule has 0 saturated heterocycles. The van der Waals surface area contributed by atoms with Crippen LogP contribution in [0.3, 0.4) is 0 Å². The normalized spacial score (nSPS) is 9.57. The second-order valence-corrected chi connectivity index (χ2v) is 3.01. The lowest BCUT2D eigenvalue weighted by Crippen LogP contribution is -2.06. The molecule has 1 aromatic rings. The molecule has 0 heterocycles. The first-order chi connectivity index (χ1) is 6.79. The maximum Gasteiger partial charge on any atom is 0.341 e. The van der Waals surface area contributed by atoms with Gasteiger partial charge in [0.15, 0.2) is 0 Å². The van der Waals surface area contributed by atoms with E-state index in [1.165, 1.54) is 7.11 Å². The number of thiol groups is 1. The smallest absolute Gasteiger partial charge is 0.341 e. The topological polar surface area (TPSA) is 35.5 Å². The highest BCUT2D eigenvalue weighted by Gasteiger charge is 2.11. The number of hydrogen-bond acceptors (Lipinski definition) is 4. The van der Waals surface area contributed by atoms with Crippen molar-refractivity contribution in [1.82, 2.24) is 0 Å². The first-order valence-electron chi connectivity index (χ1n) is 4.20. The van der Waals surface area contributed by atoms with E-state index < -0.39 is 0 Å². The lowest BCUT2D eigenvalue weighted by molar-refractivity contribution is 0.0596. The van der Waals surface area contributed by atoms with Gasteiger partial charge in [0.1, 0.15) is 11.3 Å². The molecule has 76 valence electrons. The molecule has 0 N–H and O–H groups in total. The molecule has 0 unspecified atom stereocenters. The zero-order valence-electron chi connectivity index (χ0n) is 7.90. The fourth-order valence-electron chi connectivity index (χ4n) is 1.03. The average molecular weight is 212 g/mol. The molecule has 0 saturated carbocycles. The molecule has 4 heteroatoms. The van der Waals surface area contributed by atoms with E-state index in [2.05, 4.69) is 17.4 Å². The van der Waals surface area contributed by atoms with Crippen LogP contribution in [0.25, 0.3) is 0 Å². The van der Waals surface area contributed by atoms with Gasteiger partial charge in [-0.25, -0.2) is 4.79 Å². The number of carbonyl (C=O) groups excluding carboxylic acids is 1. The van der Waals surface area contributed by atoms with E-state index in [1.54, 1.807) is 24.3 Å². The van der Waals surface area contributed by atoms with Crippen LogP contribution in [-0.2, 0) is 4.74 Å². The highest BCUT2D eigenvalue weighted by Crippen LogP contribution is 2.18. The van der Waals surface area contributed by atoms with E-state index in [9.17, 15) is 4.79 Å². The SMILES string of the molecule is COC(=O)c1ccccc1OCCS. The van der Waals surface area contributed by atoms with E-state index in [0.717, 1.165) is 0 Å². The molecule has 14 heavy (non-hydrogen) atoms. The average Bonchev–Trinajstić information content (AvgIpc) is 2.25. The molecule has 3 nitrogen and oxygen atoms in total. The summed E-state index contributed by atoms with van der Waals surface area (Å²) in [4.78, 5) is 11.3. The lowest BCUT2D eigenvalue weighted by Gasteiger charge is -2.08. The third-order valence-corrected chi connectivity index (χ3v) is 1.82. The Morgan fingerprint density at radius 3 is 2.79 bits per heavy atom. The fraction of sp³-hybridized carbons (Fsp3) is 0.300. The van der Waals surface area contributed by atoms with E-state index in [4.69, 9.17) is 4.74 Å². The standard InChI is InChI=1S/C10H12O3S/c1-12-10(11)8-4-2-3-5-9(8)13-6-7-14/h2-5,14H,6-7H2,1H3. The van der Waals surface area contributed by atoms with Crippen molar-refractivity contribution >= 4 is 18.6 Å². The summed E-state index contributed by atoms with van der Waals surface area (Å²) in [6, 6.07) is 6.97. The Morgan fingerprint density at radius 1 is 1.43 bits per heavy atom. The molecule has 0 bridgehead atoms. The Bertz CT molecular complexity index is 312. The van der Waals surface area contributed by atoms with Gasteiger partial charge in [-0.3, -0.25) is 0 Å². The molecular formula is C10H12O3S. The summed E-state index contributed by atoms with van der Waals surface area (Å²) < 4.78 is 9.95. The summed E-state index contributed by atoms with van der Waals surface area (Å²) in [6.45, 7) is 0.469. The van der Waals surface area contributed by atoms with Crippen molar-refractivity contribution in [2.75, 3.05) is 19.5 Å². The van der Waals surface area contributed by atoms with Gasteiger partial charge in [-0.1, -0.05) is 12.1 Å². The Morgan fingerprint density at radius 2 is 2.14 bits per heavy atom. The summed E-state index contributed by atoms with van der Waals surface area (Å²) in [5, 5.41) is 0. The minimum atomic E-state index is -0.389. The van der Waals surface area contributed by atoms with Gasteiger partial charge in [-0.15, -0.1) is 0 Å². The maximum absolute atomic E-state index is 11.3. The number of rotatable bonds is 4. The predicted octanol–water partition coefficient (Wildman–Crippen LogP) is 1.78. The van der Waals surface area contributed by atoms with Gasteiger partial charge >= 0.3 is 5.97 Å². The van der Waals surface area contributed by atoms with Crippen molar-refractivity contribution in [3.63, 3.8) is 0 Å². The highest BCUT2D eigenvalue weighted by molar-refractivity contribution is 7.80. The summed E-state index contributed by atoms with van der Waals surface area (Å²) >= 11 is 4.02. The lowest BCUT2D eigenvalue weighted by atomic mass is 10.2. The van der Waals surface area contributed by atoms with Gasteiger partial charge in [0.25, 0.3) is 0 Å². The Balaban J connectivity index is 2.85. The number of para-hydroxylation sites is 1. The quantitative estimate of drug-likeness (QED) is 0.610. The highest BCUT2D eigenvalue weighted by atomic mass is 32.1. The summed E-state index contributed by atoms with van der Waals surface area (Å²) in [5.74, 6) is 0.753. The van der Waals surface area contributed by atoms with Crippen LogP contribution in [0.4, 0.5) is 0 Å². The van der Waals surface area contributed by atoms with E-state index in [0.29, 0.717) is 23.7 Å². The zero-order chi connectivity index (χ0) is 10.4. The molecule has 0 amide bonds. The molecule has 1 aromatic carbocycles. The Kier molecular flexibility index (Phi) is 4.32. The van der Waals surface area contributed by atoms with Crippen LogP contribution in [0, 0.1) is 0 Å². The van der Waals surface area contributed by atoms with Crippen LogP contribution < -0.4 is 4.74 Å². The Labute approximate surface area is 88.4 Å². The monoisotopic (exact) mass is 212 g/mol. The van der Waals surface area contributed by atoms with Crippen LogP contribution in [0.15, 0.2) is 24.3 Å². The third kappa shape index (κ3) is 2.67. The van der Waals surface area contributed by atoms with Gasteiger partial charge in [-0.05, 0) is 12.1 Å². The number of carbonyl (C=O) groups is 1. The molecular weight excluding hydrogens is 200 g/mol. The van der Waals surface area contributed by atoms with Gasteiger partial charge in [0.05, 0.1) is 13.7 Å². The van der Waals surface area contributed by atoms with Gasteiger partial charge in [-0.2, -0.15) is 12.6 Å². The van der Waals surface area contributed by atoms with Crippen molar-refractivity contribution in [3.05, 3.63) is 29.8 Å². The van der Waals surface area contributed by atoms with Gasteiger partial charge in [0.2, 0.25) is 0 Å². The molecule has 0 spiro atoms. The Hall–Kier alpha value is -1.16. The van der Waals surface area contributed by atoms with Crippen LogP contribution in [0.2, 0.25) is 0 Å². The first kappa shape index (κ1) is 10.9. The van der Waals surface area contributed by atoms with E-state index in [-0.39, 0.29) is 5.97 Å². The zero-order valence-corrected chi connectivity index (χ0v) is 8.79. The largest absolute Gasteiger partial charge is 0.492 e. The second-order valence-electron chi connectivity index (χ2n) is 2.56. The predicted molar refractivity (Wildman–Crippen MR) is 57.1 cm³/mol. The van der Waals surface area contributed by atoms with Crippen molar-refractivity contribution in [1.29, 1.82) is 0 Å². The first-order valence-corrected chi connectivity index (χ1v) is 4.84. The summed E-state index contributed by atoms with van der Waals surface area (Å²) in [5.41, 5.74) is 0.441. The number of hydrogen-bond donors (Lipinski definition) is 1. The molecule has 0 aliphatic carbocycles. The number of benzene rings is 1. The molecule has 0 aliphatic rings. The molecule has 1 rings (SSSR count). The minimum Gasteiger partial charge on any atom is -0.492 e. The molecule has 0 atom stereocenters. The molecule has 0 aliphatic heterocycles. The molecule has 0 fully saturated rings. The van der Waals surface area contributed by atoms with Crippen LogP contribution in [-0.4, -0.2) is 25.4 Å². The van der Waals surface area contributed by atoms with E-state index in [1.807, 2.05) is 0 Å². The van der Waals surface area contributed by atoms with E-state index >= 15 is 0 Å². The molecule has 0 radical (unpaired) electrons. The van der Waals surface area contributed by atoms with Crippen LogP contribution in [0.1, 0.15) is 10.4 Å². The van der Waals surface area contributed by atoms with Crippen LogP contribution in [0.5, 0.6) is 5.75 Å².